The Kier molecular flexibility index (Phi) is 40.3. The summed E-state index contributed by atoms with van der Waals surface area (Å²) in [7, 11) is 6.53. The number of hydrogen-bond donors (Lipinski definition) is 0. The van der Waals surface area contributed by atoms with Crippen LogP contribution in [0.15, 0.2) is 129 Å². The fourth-order valence-corrected chi connectivity index (χ4v) is 16.8. The molecule has 0 unspecified atom stereocenters. The minimum atomic E-state index is 0.0789. The Labute approximate surface area is 806 Å². The van der Waals surface area contributed by atoms with Crippen LogP contribution < -0.4 is 29.4 Å². The zero-order chi connectivity index (χ0) is 97.0. The van der Waals surface area contributed by atoms with Crippen LogP contribution in [-0.4, -0.2) is 232 Å². The van der Waals surface area contributed by atoms with Crippen LogP contribution in [0.25, 0.3) is 0 Å². The van der Waals surface area contributed by atoms with E-state index in [1.54, 1.807) is 0 Å². The molecule has 732 valence electrons. The number of rotatable bonds is 8. The molecular formula is C111H177N21O. The van der Waals surface area contributed by atoms with Crippen molar-refractivity contribution in [2.45, 2.75) is 325 Å². The van der Waals surface area contributed by atoms with E-state index in [9.17, 15) is 4.79 Å². The molecule has 8 aliphatic rings. The van der Waals surface area contributed by atoms with Gasteiger partial charge >= 0.3 is 0 Å². The molecule has 0 atom stereocenters. The number of aromatic nitrogens is 11. The molecule has 8 fully saturated rings. The average molecular weight is 1820 g/mol. The zero-order valence-electron chi connectivity index (χ0n) is 88.2. The first kappa shape index (κ1) is 108. The van der Waals surface area contributed by atoms with E-state index in [1.807, 2.05) is 79.0 Å². The van der Waals surface area contributed by atoms with Crippen molar-refractivity contribution < 1.29 is 4.79 Å². The summed E-state index contributed by atoms with van der Waals surface area (Å²) >= 11 is 0. The number of likely N-dealkylation sites (tertiary alicyclic amines) is 2. The number of likely N-dealkylation sites (N-methyl/N-ethyl adjacent to an activating group) is 2. The summed E-state index contributed by atoms with van der Waals surface area (Å²) in [5.41, 5.74) is 13.2. The molecule has 8 aromatic rings. The van der Waals surface area contributed by atoms with Gasteiger partial charge in [-0.15, -0.1) is 0 Å². The number of piperazine rings is 2. The average Bonchev–Trinajstić information content (AvgIpc) is 0.971. The standard InChI is InChI=1S/C15H22N2O.C15H24N2.C14H23N3.2C14H22N2.C13H22N4.2C13H21N3/c1-15(2,3)12-7-8-13(16-11-12)14(18)17-9-5-4-6-10-17;1-15(2,3)13-5-6-14(16-11-13)12-7-9-17(4)10-8-12;1-14(2,3)12-5-6-13(15-11-12)17-9-7-16(4)8-10-17;2*1-14(2,3)12-7-8-13(15-11-12)16-9-5-4-6-10-16;1-13(2,3)11-9-14-12(15-10-11)17-7-5-16(4)6-8-17;2*1-13(2,3)11-9-14-12(15-10-11)16-7-5-4-6-8-16/h7-8,11H,4-6,9-10H2,1-3H3;5-6,11-12H,7-10H2,1-4H3;5-6,11H,7-10H2,1-4H3;2*7-8,11H,4-6,9-10H2,1-3H3;9-10H,5-8H2,1-4H3;2*9-10H,4-8H2,1-3H3. The number of carbonyl (C=O) groups is 1. The summed E-state index contributed by atoms with van der Waals surface area (Å²) in [6.07, 6.45) is 43.5. The molecule has 16 heterocycles. The fourth-order valence-electron chi connectivity index (χ4n) is 16.8. The van der Waals surface area contributed by atoms with Crippen molar-refractivity contribution >= 4 is 41.2 Å². The van der Waals surface area contributed by atoms with Gasteiger partial charge in [0, 0.05) is 198 Å². The van der Waals surface area contributed by atoms with E-state index in [-0.39, 0.29) is 49.2 Å². The molecule has 0 radical (unpaired) electrons. The minimum absolute atomic E-state index is 0.0789. The molecule has 0 aromatic carbocycles. The second-order valence-corrected chi connectivity index (χ2v) is 46.6. The molecule has 0 spiro atoms. The summed E-state index contributed by atoms with van der Waals surface area (Å²) in [6, 6.07) is 21.5. The van der Waals surface area contributed by atoms with Crippen LogP contribution in [0.1, 0.15) is 342 Å². The Bertz CT molecular complexity index is 4120. The fraction of sp³-hybridized carbons (Fsp3) is 0.658. The van der Waals surface area contributed by atoms with E-state index in [0.29, 0.717) is 11.6 Å². The molecular weight excluding hydrogens is 1640 g/mol. The van der Waals surface area contributed by atoms with Crippen molar-refractivity contribution in [3.05, 3.63) is 185 Å². The monoisotopic (exact) mass is 1820 g/mol. The molecule has 0 aliphatic carbocycles. The largest absolute Gasteiger partial charge is 0.357 e. The molecule has 0 saturated carbocycles. The zero-order valence-corrected chi connectivity index (χ0v) is 88.2. The number of pyridine rings is 5. The summed E-state index contributed by atoms with van der Waals surface area (Å²) in [5.74, 6) is 6.81. The molecule has 0 N–H and O–H groups in total. The maximum absolute atomic E-state index is 12.2. The molecule has 16 rings (SSSR count). The van der Waals surface area contributed by atoms with Crippen molar-refractivity contribution in [1.82, 2.24) is 74.4 Å². The van der Waals surface area contributed by atoms with Crippen molar-refractivity contribution in [3.63, 3.8) is 0 Å². The number of piperidine rings is 6. The van der Waals surface area contributed by atoms with Gasteiger partial charge in [0.25, 0.3) is 5.91 Å². The van der Waals surface area contributed by atoms with Crippen molar-refractivity contribution in [1.29, 1.82) is 0 Å². The van der Waals surface area contributed by atoms with Crippen LogP contribution >= 0.6 is 0 Å². The second-order valence-electron chi connectivity index (χ2n) is 46.6. The highest BCUT2D eigenvalue weighted by atomic mass is 16.2. The number of nitrogens with zero attached hydrogens (tertiary/aromatic N) is 21. The summed E-state index contributed by atoms with van der Waals surface area (Å²) < 4.78 is 0. The maximum Gasteiger partial charge on any atom is 0.272 e. The molecule has 1 amide bonds. The van der Waals surface area contributed by atoms with Gasteiger partial charge in [-0.2, -0.15) is 0 Å². The van der Waals surface area contributed by atoms with Crippen LogP contribution in [0.3, 0.4) is 0 Å². The van der Waals surface area contributed by atoms with E-state index >= 15 is 0 Å². The summed E-state index contributed by atoms with van der Waals surface area (Å²) in [5, 5.41) is 0. The quantitative estimate of drug-likeness (QED) is 0.139. The topological polar surface area (TPSA) is 191 Å². The second kappa shape index (κ2) is 49.8. The van der Waals surface area contributed by atoms with E-state index in [2.05, 4.69) is 341 Å². The molecule has 8 aromatic heterocycles. The SMILES string of the molecule is CC(C)(C)c1ccc(C(=O)N2CCCCC2)nc1.CC(C)(C)c1ccc(N2CCCCC2)nc1.CC(C)(C)c1ccc(N2CCCCC2)nc1.CC(C)(C)c1cnc(N2CCCCC2)nc1.CC(C)(C)c1cnc(N2CCCCC2)nc1.CN1CCC(c2ccc(C(C)(C)C)cn2)CC1.CN1CCN(c2ccc(C(C)(C)C)cn2)CC1.CN1CCN(c2ncc(C(C)(C)C)cn2)CC1. The third-order valence-corrected chi connectivity index (χ3v) is 26.9. The lowest BCUT2D eigenvalue weighted by Gasteiger charge is -2.33. The number of hydrogen-bond acceptors (Lipinski definition) is 21. The molecule has 8 aliphatic heterocycles. The third kappa shape index (κ3) is 35.7. The van der Waals surface area contributed by atoms with Crippen LogP contribution in [-0.2, 0) is 43.3 Å². The maximum atomic E-state index is 12.2. The van der Waals surface area contributed by atoms with Crippen LogP contribution in [0.2, 0.25) is 0 Å². The normalized spacial score (nSPS) is 17.9. The van der Waals surface area contributed by atoms with Gasteiger partial charge in [0.1, 0.15) is 23.1 Å². The summed E-state index contributed by atoms with van der Waals surface area (Å²) in [6.45, 7) is 74.7. The van der Waals surface area contributed by atoms with E-state index in [0.717, 1.165) is 145 Å². The van der Waals surface area contributed by atoms with Crippen molar-refractivity contribution in [3.8, 4) is 0 Å². The minimum Gasteiger partial charge on any atom is -0.357 e. The van der Waals surface area contributed by atoms with Crippen LogP contribution in [0, 0.1) is 0 Å². The predicted molar refractivity (Wildman–Crippen MR) is 560 cm³/mol. The van der Waals surface area contributed by atoms with Gasteiger partial charge in [-0.1, -0.05) is 197 Å². The summed E-state index contributed by atoms with van der Waals surface area (Å²) in [4.78, 5) is 84.9. The Morgan fingerprint density at radius 3 is 0.707 bits per heavy atom. The highest BCUT2D eigenvalue weighted by Gasteiger charge is 2.28. The first-order valence-corrected chi connectivity index (χ1v) is 50.8. The van der Waals surface area contributed by atoms with E-state index in [4.69, 9.17) is 0 Å². The van der Waals surface area contributed by atoms with Gasteiger partial charge in [0.15, 0.2) is 0 Å². The molecule has 8 saturated heterocycles. The molecule has 22 nitrogen and oxygen atoms in total. The predicted octanol–water partition coefficient (Wildman–Crippen LogP) is 22.1. The number of carbonyl (C=O) groups excluding carboxylic acids is 1. The van der Waals surface area contributed by atoms with E-state index < -0.39 is 0 Å². The first-order valence-electron chi connectivity index (χ1n) is 50.8. The van der Waals surface area contributed by atoms with Gasteiger partial charge in [0.2, 0.25) is 17.8 Å². The molecule has 22 heteroatoms. The van der Waals surface area contributed by atoms with Gasteiger partial charge < -0.3 is 49.0 Å². The molecule has 133 heavy (non-hydrogen) atoms. The Hall–Kier alpha value is -8.86. The van der Waals surface area contributed by atoms with E-state index in [1.165, 1.54) is 180 Å². The third-order valence-electron chi connectivity index (χ3n) is 26.9. The van der Waals surface area contributed by atoms with Gasteiger partial charge in [-0.25, -0.2) is 44.9 Å². The number of amides is 1. The van der Waals surface area contributed by atoms with Crippen LogP contribution in [0.5, 0.6) is 0 Å². The smallest absolute Gasteiger partial charge is 0.272 e. The first-order chi connectivity index (χ1) is 62.7. The Morgan fingerprint density at radius 2 is 0.451 bits per heavy atom. The number of anilines is 6. The lowest BCUT2D eigenvalue weighted by Crippen LogP contribution is -2.45. The van der Waals surface area contributed by atoms with Gasteiger partial charge in [-0.3, -0.25) is 14.8 Å². The Balaban J connectivity index is 0.000000171. The van der Waals surface area contributed by atoms with Crippen LogP contribution in [0.4, 0.5) is 35.3 Å². The highest BCUT2D eigenvalue weighted by Crippen LogP contribution is 2.33. The van der Waals surface area contributed by atoms with Gasteiger partial charge in [-0.05, 0) is 262 Å². The van der Waals surface area contributed by atoms with Crippen molar-refractivity contribution in [2.75, 3.05) is 181 Å². The highest BCUT2D eigenvalue weighted by molar-refractivity contribution is 5.92. The lowest BCUT2D eigenvalue weighted by molar-refractivity contribution is 0.0718. The molecule has 0 bridgehead atoms. The lowest BCUT2D eigenvalue weighted by atomic mass is 9.87. The Morgan fingerprint density at radius 1 is 0.226 bits per heavy atom. The van der Waals surface area contributed by atoms with Crippen molar-refractivity contribution in [2.24, 2.45) is 0 Å². The van der Waals surface area contributed by atoms with Gasteiger partial charge in [0.05, 0.1) is 0 Å².